The highest BCUT2D eigenvalue weighted by atomic mass is 32.2. The molecule has 2 aromatic heterocycles. The van der Waals surface area contributed by atoms with Crippen LogP contribution in [0.2, 0.25) is 0 Å². The molecular weight excluding hydrogens is 546 g/mol. The Labute approximate surface area is 242 Å². The highest BCUT2D eigenvalue weighted by Gasteiger charge is 2.32. The highest BCUT2D eigenvalue weighted by Crippen LogP contribution is 2.30. The summed E-state index contributed by atoms with van der Waals surface area (Å²) in [5, 5.41) is 9.26. The van der Waals surface area contributed by atoms with Crippen molar-refractivity contribution in [3.63, 3.8) is 0 Å². The Morgan fingerprint density at radius 3 is 2.39 bits per heavy atom. The fraction of sp³-hybridized carbons (Fsp3) is 0.310. The van der Waals surface area contributed by atoms with E-state index in [0.29, 0.717) is 53.4 Å². The first-order valence-electron chi connectivity index (χ1n) is 13.0. The minimum Gasteiger partial charge on any atom is -0.497 e. The van der Waals surface area contributed by atoms with Crippen LogP contribution >= 0.6 is 11.8 Å². The molecule has 214 valence electrons. The summed E-state index contributed by atoms with van der Waals surface area (Å²) in [5.41, 5.74) is 1.27. The summed E-state index contributed by atoms with van der Waals surface area (Å²) in [6, 6.07) is 16.1. The Balaban J connectivity index is 1.27. The topological polar surface area (TPSA) is 112 Å². The van der Waals surface area contributed by atoms with Crippen LogP contribution < -0.4 is 14.2 Å². The molecule has 1 atom stereocenters. The number of rotatable bonds is 9. The van der Waals surface area contributed by atoms with Crippen molar-refractivity contribution in [3.8, 4) is 34.5 Å². The van der Waals surface area contributed by atoms with Crippen molar-refractivity contribution < 1.29 is 28.2 Å². The van der Waals surface area contributed by atoms with E-state index in [9.17, 15) is 9.59 Å². The zero-order valence-electron chi connectivity index (χ0n) is 23.3. The van der Waals surface area contributed by atoms with Crippen LogP contribution in [-0.4, -0.2) is 89.1 Å². The van der Waals surface area contributed by atoms with Crippen LogP contribution in [0.4, 0.5) is 0 Å². The van der Waals surface area contributed by atoms with E-state index >= 15 is 0 Å². The molecule has 5 rings (SSSR count). The average molecular weight is 578 g/mol. The van der Waals surface area contributed by atoms with E-state index in [0.717, 1.165) is 11.4 Å². The molecule has 0 bridgehead atoms. The van der Waals surface area contributed by atoms with Crippen LogP contribution in [0.1, 0.15) is 17.3 Å². The molecule has 2 aromatic carbocycles. The highest BCUT2D eigenvalue weighted by molar-refractivity contribution is 7.99. The number of hydrogen-bond acceptors (Lipinski definition) is 9. The number of nitrogens with zero attached hydrogens (tertiary/aromatic N) is 5. The number of methoxy groups -OCH3 is 3. The molecule has 0 aliphatic carbocycles. The maximum absolute atomic E-state index is 13.4. The molecule has 11 nitrogen and oxygen atoms in total. The number of thioether (sulfide) groups is 1. The van der Waals surface area contributed by atoms with Gasteiger partial charge in [-0.05, 0) is 55.5 Å². The molecule has 0 N–H and O–H groups in total. The fourth-order valence-corrected chi connectivity index (χ4v) is 5.58. The maximum atomic E-state index is 13.4. The van der Waals surface area contributed by atoms with Crippen LogP contribution in [0.15, 0.2) is 70.4 Å². The molecule has 41 heavy (non-hydrogen) atoms. The van der Waals surface area contributed by atoms with Crippen molar-refractivity contribution in [2.75, 3.05) is 46.7 Å². The summed E-state index contributed by atoms with van der Waals surface area (Å²) < 4.78 is 23.4. The van der Waals surface area contributed by atoms with E-state index < -0.39 is 0 Å². The Kier molecular flexibility index (Phi) is 8.48. The lowest BCUT2D eigenvalue weighted by Gasteiger charge is -2.40. The third-order valence-electron chi connectivity index (χ3n) is 6.91. The van der Waals surface area contributed by atoms with Crippen LogP contribution in [0, 0.1) is 0 Å². The van der Waals surface area contributed by atoms with E-state index in [4.69, 9.17) is 18.6 Å². The molecule has 2 amide bonds. The molecule has 3 heterocycles. The first-order chi connectivity index (χ1) is 19.9. The molecule has 1 fully saturated rings. The number of ether oxygens (including phenoxy) is 3. The molecule has 0 saturated carbocycles. The van der Waals surface area contributed by atoms with Gasteiger partial charge in [-0.25, -0.2) is 0 Å². The number of aromatic nitrogens is 3. The van der Waals surface area contributed by atoms with E-state index in [-0.39, 0.29) is 23.6 Å². The molecular formula is C29H31N5O6S. The van der Waals surface area contributed by atoms with Gasteiger partial charge in [0.25, 0.3) is 5.91 Å². The van der Waals surface area contributed by atoms with Gasteiger partial charge in [0.1, 0.15) is 17.2 Å². The van der Waals surface area contributed by atoms with Gasteiger partial charge in [0.2, 0.25) is 11.7 Å². The largest absolute Gasteiger partial charge is 0.497 e. The lowest BCUT2D eigenvalue weighted by molar-refractivity contribution is -0.130. The minimum atomic E-state index is -0.175. The molecule has 12 heteroatoms. The number of piperazine rings is 1. The molecule has 1 aliphatic rings. The summed E-state index contributed by atoms with van der Waals surface area (Å²) >= 11 is 1.30. The number of amides is 2. The second kappa shape index (κ2) is 12.4. The van der Waals surface area contributed by atoms with E-state index in [1.165, 1.54) is 18.9 Å². The van der Waals surface area contributed by atoms with Gasteiger partial charge >= 0.3 is 0 Å². The summed E-state index contributed by atoms with van der Waals surface area (Å²) in [6.07, 6.45) is 1.58. The predicted octanol–water partition coefficient (Wildman–Crippen LogP) is 4.02. The van der Waals surface area contributed by atoms with Crippen molar-refractivity contribution in [3.05, 3.63) is 66.4 Å². The predicted molar refractivity (Wildman–Crippen MR) is 153 cm³/mol. The number of furan rings is 1. The van der Waals surface area contributed by atoms with E-state index in [1.54, 1.807) is 54.5 Å². The second-order valence-corrected chi connectivity index (χ2v) is 10.3. The van der Waals surface area contributed by atoms with Gasteiger partial charge in [0.15, 0.2) is 10.9 Å². The number of benzene rings is 2. The smallest absolute Gasteiger partial charge is 0.257 e. The summed E-state index contributed by atoms with van der Waals surface area (Å²) in [5.74, 6) is 2.86. The SMILES string of the molecule is COc1ccc(-n2c(SCC(=O)N3CCN(C(=O)c4ccc(OC)cc4OC)C(C)C3)nnc2-c2ccco2)cc1. The summed E-state index contributed by atoms with van der Waals surface area (Å²) in [7, 11) is 4.70. The van der Waals surface area contributed by atoms with Gasteiger partial charge in [-0.3, -0.25) is 14.2 Å². The quantitative estimate of drug-likeness (QED) is 0.272. The van der Waals surface area contributed by atoms with Gasteiger partial charge < -0.3 is 28.4 Å². The standard InChI is InChI=1S/C29H31N5O6S/c1-19-17-32(13-14-33(19)28(36)23-12-11-22(38-3)16-25(23)39-4)26(35)18-41-29-31-30-27(24-6-5-15-40-24)34(29)20-7-9-21(37-2)10-8-20/h5-12,15-16,19H,13-14,17-18H2,1-4H3. The molecule has 1 saturated heterocycles. The van der Waals surface area contributed by atoms with Gasteiger partial charge in [0, 0.05) is 31.7 Å². The lowest BCUT2D eigenvalue weighted by atomic mass is 10.1. The third-order valence-corrected chi connectivity index (χ3v) is 7.82. The molecule has 4 aromatic rings. The van der Waals surface area contributed by atoms with Crippen molar-refractivity contribution in [2.45, 2.75) is 18.1 Å². The Morgan fingerprint density at radius 2 is 1.73 bits per heavy atom. The Morgan fingerprint density at radius 1 is 0.976 bits per heavy atom. The third kappa shape index (κ3) is 5.87. The number of carbonyl (C=O) groups excluding carboxylic acids is 2. The zero-order chi connectivity index (χ0) is 28.9. The Bertz CT molecular complexity index is 1500. The minimum absolute atomic E-state index is 0.0418. The van der Waals surface area contributed by atoms with Gasteiger partial charge in [0.05, 0.1) is 44.6 Å². The maximum Gasteiger partial charge on any atom is 0.257 e. The van der Waals surface area contributed by atoms with Crippen molar-refractivity contribution in [1.29, 1.82) is 0 Å². The average Bonchev–Trinajstić information content (AvgIpc) is 3.69. The van der Waals surface area contributed by atoms with Gasteiger partial charge in [-0.1, -0.05) is 11.8 Å². The van der Waals surface area contributed by atoms with Crippen molar-refractivity contribution in [1.82, 2.24) is 24.6 Å². The van der Waals surface area contributed by atoms with Crippen molar-refractivity contribution >= 4 is 23.6 Å². The van der Waals surface area contributed by atoms with Crippen LogP contribution in [0.5, 0.6) is 17.2 Å². The van der Waals surface area contributed by atoms with Crippen LogP contribution in [-0.2, 0) is 4.79 Å². The second-order valence-electron chi connectivity index (χ2n) is 9.36. The van der Waals surface area contributed by atoms with Crippen LogP contribution in [0.25, 0.3) is 17.3 Å². The first kappa shape index (κ1) is 28.1. The van der Waals surface area contributed by atoms with E-state index in [1.807, 2.05) is 41.8 Å². The van der Waals surface area contributed by atoms with Gasteiger partial charge in [-0.2, -0.15) is 0 Å². The molecule has 0 spiro atoms. The normalized spacial score (nSPS) is 15.1. The summed E-state index contributed by atoms with van der Waals surface area (Å²) in [4.78, 5) is 30.2. The van der Waals surface area contributed by atoms with Crippen molar-refractivity contribution in [2.24, 2.45) is 0 Å². The lowest BCUT2D eigenvalue weighted by Crippen LogP contribution is -2.55. The fourth-order valence-electron chi connectivity index (χ4n) is 4.73. The zero-order valence-corrected chi connectivity index (χ0v) is 24.1. The first-order valence-corrected chi connectivity index (χ1v) is 14.0. The molecule has 0 radical (unpaired) electrons. The molecule has 1 aliphatic heterocycles. The monoisotopic (exact) mass is 577 g/mol. The molecule has 1 unspecified atom stereocenters. The Hall–Kier alpha value is -4.45. The van der Waals surface area contributed by atoms with Gasteiger partial charge in [-0.15, -0.1) is 10.2 Å². The number of hydrogen-bond donors (Lipinski definition) is 0. The van der Waals surface area contributed by atoms with Crippen LogP contribution in [0.3, 0.4) is 0 Å². The van der Waals surface area contributed by atoms with E-state index in [2.05, 4.69) is 10.2 Å². The summed E-state index contributed by atoms with van der Waals surface area (Å²) in [6.45, 7) is 3.20. The number of carbonyl (C=O) groups is 2.